The number of hydrogen-bond acceptors (Lipinski definition) is 6. The van der Waals surface area contributed by atoms with Crippen molar-refractivity contribution < 1.29 is 21.6 Å². The van der Waals surface area contributed by atoms with Crippen LogP contribution in [0.25, 0.3) is 10.8 Å². The van der Waals surface area contributed by atoms with E-state index in [0.29, 0.717) is 32.2 Å². The van der Waals surface area contributed by atoms with Crippen molar-refractivity contribution in [2.45, 2.75) is 19.4 Å². The maximum atomic E-state index is 13.6. The number of aromatic nitrogens is 1. The van der Waals surface area contributed by atoms with Gasteiger partial charge < -0.3 is 5.32 Å². The molecule has 2 aliphatic heterocycles. The van der Waals surface area contributed by atoms with Crippen LogP contribution in [0.4, 0.5) is 5.69 Å². The van der Waals surface area contributed by atoms with Crippen LogP contribution in [0.5, 0.6) is 0 Å². The fourth-order valence-corrected chi connectivity index (χ4v) is 10.1. The summed E-state index contributed by atoms with van der Waals surface area (Å²) in [5.74, 6) is -1.92. The first-order valence-electron chi connectivity index (χ1n) is 11.2. The third-order valence-electron chi connectivity index (χ3n) is 6.58. The molecule has 3 heterocycles. The van der Waals surface area contributed by atoms with E-state index in [-0.39, 0.29) is 30.3 Å². The first-order chi connectivity index (χ1) is 16.9. The summed E-state index contributed by atoms with van der Waals surface area (Å²) >= 11 is 12.6. The normalized spacial score (nSPS) is 20.9. The largest absolute Gasteiger partial charge is 0.324 e. The summed E-state index contributed by atoms with van der Waals surface area (Å²) < 4.78 is 51.4. The van der Waals surface area contributed by atoms with Gasteiger partial charge in [0.25, 0.3) is 0 Å². The minimum Gasteiger partial charge on any atom is -0.324 e. The molecule has 1 atom stereocenters. The molecule has 0 aliphatic carbocycles. The summed E-state index contributed by atoms with van der Waals surface area (Å²) in [6.45, 7) is 1.63. The molecule has 12 heteroatoms. The quantitative estimate of drug-likeness (QED) is 0.501. The molecule has 1 fully saturated rings. The number of fused-ring (bicyclic) bond motifs is 2. The lowest BCUT2D eigenvalue weighted by Crippen LogP contribution is -2.53. The predicted octanol–water partition coefficient (Wildman–Crippen LogP) is 3.84. The van der Waals surface area contributed by atoms with Crippen LogP contribution in [-0.2, 0) is 31.2 Å². The molecular formula is C24H23Cl2N3O5S2. The van der Waals surface area contributed by atoms with Gasteiger partial charge in [-0.2, -0.15) is 4.31 Å². The molecule has 8 nitrogen and oxygen atoms in total. The van der Waals surface area contributed by atoms with Crippen LogP contribution in [0.2, 0.25) is 10.0 Å². The van der Waals surface area contributed by atoms with Gasteiger partial charge in [-0.1, -0.05) is 48.3 Å². The van der Waals surface area contributed by atoms with Crippen molar-refractivity contribution in [3.05, 3.63) is 70.0 Å². The van der Waals surface area contributed by atoms with E-state index in [1.165, 1.54) is 10.5 Å². The van der Waals surface area contributed by atoms with Crippen LogP contribution in [0.15, 0.2) is 48.8 Å². The number of hydrogen-bond donors (Lipinski definition) is 1. The highest BCUT2D eigenvalue weighted by Gasteiger charge is 2.49. The van der Waals surface area contributed by atoms with E-state index >= 15 is 0 Å². The predicted molar refractivity (Wildman–Crippen MR) is 141 cm³/mol. The highest BCUT2D eigenvalue weighted by Crippen LogP contribution is 2.38. The monoisotopic (exact) mass is 567 g/mol. The number of anilines is 1. The molecule has 5 rings (SSSR count). The van der Waals surface area contributed by atoms with E-state index in [1.807, 2.05) is 6.07 Å². The number of rotatable bonds is 5. The van der Waals surface area contributed by atoms with Gasteiger partial charge in [0.05, 0.1) is 40.1 Å². The maximum Gasteiger partial charge on any atom is 0.233 e. The lowest BCUT2D eigenvalue weighted by atomic mass is 9.90. The van der Waals surface area contributed by atoms with Crippen molar-refractivity contribution in [3.63, 3.8) is 0 Å². The van der Waals surface area contributed by atoms with Crippen LogP contribution in [-0.4, -0.2) is 55.8 Å². The molecule has 0 spiro atoms. The zero-order chi connectivity index (χ0) is 25.9. The molecule has 1 amide bonds. The Bertz CT molecular complexity index is 1590. The van der Waals surface area contributed by atoms with Crippen LogP contribution in [0.1, 0.15) is 24.0 Å². The van der Waals surface area contributed by atoms with Crippen LogP contribution in [0.3, 0.4) is 0 Å². The smallest absolute Gasteiger partial charge is 0.233 e. The number of amides is 1. The van der Waals surface area contributed by atoms with Gasteiger partial charge in [0, 0.05) is 40.5 Å². The fraction of sp³-hybridized carbons (Fsp3) is 0.333. The van der Waals surface area contributed by atoms with Crippen LogP contribution in [0, 0.1) is 5.41 Å². The molecule has 2 aromatic carbocycles. The van der Waals surface area contributed by atoms with Crippen molar-refractivity contribution in [1.82, 2.24) is 9.29 Å². The van der Waals surface area contributed by atoms with Crippen molar-refractivity contribution in [2.24, 2.45) is 5.41 Å². The minimum absolute atomic E-state index is 0.0725. The van der Waals surface area contributed by atoms with Gasteiger partial charge in [0.2, 0.25) is 15.9 Å². The average molecular weight is 569 g/mol. The topological polar surface area (TPSA) is 114 Å². The third kappa shape index (κ3) is 4.84. The van der Waals surface area contributed by atoms with Gasteiger partial charge in [0.1, 0.15) is 0 Å². The van der Waals surface area contributed by atoms with E-state index in [1.54, 1.807) is 43.5 Å². The number of sulfone groups is 1. The second-order valence-corrected chi connectivity index (χ2v) is 14.7. The molecule has 1 unspecified atom stereocenters. The third-order valence-corrected chi connectivity index (χ3v) is 11.5. The number of pyridine rings is 1. The standard InChI is InChI=1S/C24H23Cl2N3O5S2/c1-24(12-35(31,32)13-24)14-36(33,34)29-10-16-5-6-17(25)7-18(16)19(11-29)23(30)28-21-9-27-8-15-3-2-4-20(26)22(15)21/h2-9,19H,10-14H2,1H3,(H,28,30). The molecule has 36 heavy (non-hydrogen) atoms. The Morgan fingerprint density at radius 2 is 1.94 bits per heavy atom. The fourth-order valence-electron chi connectivity index (χ4n) is 5.17. The molecule has 0 saturated carbocycles. The van der Waals surface area contributed by atoms with E-state index < -0.39 is 37.1 Å². The second kappa shape index (κ2) is 8.95. The van der Waals surface area contributed by atoms with Gasteiger partial charge >= 0.3 is 0 Å². The average Bonchev–Trinajstić information content (AvgIpc) is 2.76. The number of sulfonamides is 1. The number of nitrogens with zero attached hydrogens (tertiary/aromatic N) is 2. The molecule has 0 radical (unpaired) electrons. The SMILES string of the molecule is CC1(CS(=O)(=O)N2Cc3ccc(Cl)cc3C(C(=O)Nc3cncc4cccc(Cl)c34)C2)CS(=O)(=O)C1. The zero-order valence-corrected chi connectivity index (χ0v) is 22.4. The highest BCUT2D eigenvalue weighted by atomic mass is 35.5. The van der Waals surface area contributed by atoms with Gasteiger partial charge in [0.15, 0.2) is 9.84 Å². The van der Waals surface area contributed by atoms with Crippen molar-refractivity contribution in [1.29, 1.82) is 0 Å². The minimum atomic E-state index is -3.86. The number of carbonyl (C=O) groups excluding carboxylic acids is 1. The zero-order valence-electron chi connectivity index (χ0n) is 19.2. The molecule has 2 aliphatic rings. The lowest BCUT2D eigenvalue weighted by molar-refractivity contribution is -0.118. The molecular weight excluding hydrogens is 545 g/mol. The number of nitrogens with one attached hydrogen (secondary N) is 1. The lowest BCUT2D eigenvalue weighted by Gasteiger charge is -2.40. The van der Waals surface area contributed by atoms with E-state index in [9.17, 15) is 21.6 Å². The van der Waals surface area contributed by atoms with E-state index in [4.69, 9.17) is 23.2 Å². The Hall–Kier alpha value is -2.24. The van der Waals surface area contributed by atoms with E-state index in [2.05, 4.69) is 10.3 Å². The summed E-state index contributed by atoms with van der Waals surface area (Å²) in [5.41, 5.74) is 0.873. The second-order valence-electron chi connectivity index (χ2n) is 9.80. The summed E-state index contributed by atoms with van der Waals surface area (Å²) in [6, 6.07) is 10.4. The molecule has 0 bridgehead atoms. The van der Waals surface area contributed by atoms with Gasteiger partial charge in [-0.05, 0) is 29.3 Å². The summed E-state index contributed by atoms with van der Waals surface area (Å²) in [4.78, 5) is 17.8. The first-order valence-corrected chi connectivity index (χ1v) is 15.3. The molecule has 1 N–H and O–H groups in total. The number of halogens is 2. The maximum absolute atomic E-state index is 13.6. The van der Waals surface area contributed by atoms with Gasteiger partial charge in [-0.25, -0.2) is 16.8 Å². The summed E-state index contributed by atoms with van der Waals surface area (Å²) in [6.07, 6.45) is 3.14. The Labute approximate surface area is 219 Å². The van der Waals surface area contributed by atoms with Crippen LogP contribution < -0.4 is 5.32 Å². The Balaban J connectivity index is 1.47. The molecule has 1 aromatic heterocycles. The first kappa shape index (κ1) is 25.4. The highest BCUT2D eigenvalue weighted by molar-refractivity contribution is 7.93. The van der Waals surface area contributed by atoms with E-state index in [0.717, 1.165) is 5.39 Å². The van der Waals surface area contributed by atoms with Gasteiger partial charge in [-0.15, -0.1) is 0 Å². The number of carbonyl (C=O) groups is 1. The van der Waals surface area contributed by atoms with Crippen molar-refractivity contribution in [2.75, 3.05) is 29.1 Å². The Morgan fingerprint density at radius 1 is 1.19 bits per heavy atom. The summed E-state index contributed by atoms with van der Waals surface area (Å²) in [7, 11) is -7.07. The molecule has 190 valence electrons. The molecule has 1 saturated heterocycles. The van der Waals surface area contributed by atoms with Crippen LogP contribution >= 0.6 is 23.2 Å². The van der Waals surface area contributed by atoms with Crippen molar-refractivity contribution in [3.8, 4) is 0 Å². The van der Waals surface area contributed by atoms with Crippen molar-refractivity contribution >= 4 is 65.4 Å². The number of benzene rings is 2. The summed E-state index contributed by atoms with van der Waals surface area (Å²) in [5, 5.41) is 5.15. The Kier molecular flexibility index (Phi) is 6.32. The van der Waals surface area contributed by atoms with Gasteiger partial charge in [-0.3, -0.25) is 9.78 Å². The molecule has 3 aromatic rings. The Morgan fingerprint density at radius 3 is 2.67 bits per heavy atom.